The number of para-hydroxylation sites is 1. The van der Waals surface area contributed by atoms with E-state index in [1.807, 2.05) is 47.5 Å². The number of benzene rings is 1. The third kappa shape index (κ3) is 3.61. The quantitative estimate of drug-likeness (QED) is 0.864. The zero-order valence-corrected chi connectivity index (χ0v) is 14.7. The lowest BCUT2D eigenvalue weighted by Crippen LogP contribution is -2.35. The van der Waals surface area contributed by atoms with Crippen LogP contribution in [0.25, 0.3) is 5.69 Å². The van der Waals surface area contributed by atoms with Crippen molar-refractivity contribution in [3.63, 3.8) is 0 Å². The third-order valence-electron chi connectivity index (χ3n) is 5.47. The summed E-state index contributed by atoms with van der Waals surface area (Å²) >= 11 is 0. The molecule has 1 amide bonds. The van der Waals surface area contributed by atoms with Crippen LogP contribution in [0.15, 0.2) is 42.6 Å². The monoisotopic (exact) mass is 338 g/mol. The highest BCUT2D eigenvalue weighted by Gasteiger charge is 2.27. The first-order valence-electron chi connectivity index (χ1n) is 9.46. The topological polar surface area (TPSA) is 41.4 Å². The highest BCUT2D eigenvalue weighted by atomic mass is 16.2. The van der Waals surface area contributed by atoms with Gasteiger partial charge in [0.25, 0.3) is 5.91 Å². The predicted octanol–water partition coefficient (Wildman–Crippen LogP) is 2.96. The molecule has 0 spiro atoms. The minimum atomic E-state index is 0.0664. The second-order valence-electron chi connectivity index (χ2n) is 7.10. The second-order valence-corrected chi connectivity index (χ2v) is 7.10. The minimum absolute atomic E-state index is 0.0664. The lowest BCUT2D eigenvalue weighted by atomic mass is 10.1. The van der Waals surface area contributed by atoms with Crippen LogP contribution in [0, 0.1) is 0 Å². The Bertz CT molecular complexity index is 705. The van der Waals surface area contributed by atoms with Gasteiger partial charge >= 0.3 is 0 Å². The van der Waals surface area contributed by atoms with Gasteiger partial charge in [-0.2, -0.15) is 5.10 Å². The highest BCUT2D eigenvalue weighted by Crippen LogP contribution is 2.22. The average Bonchev–Trinajstić information content (AvgIpc) is 3.30. The number of amides is 1. The molecular formula is C20H26N4O. The normalized spacial score (nSPS) is 22.1. The first kappa shape index (κ1) is 16.3. The highest BCUT2D eigenvalue weighted by molar-refractivity contribution is 5.92. The Morgan fingerprint density at radius 3 is 2.52 bits per heavy atom. The van der Waals surface area contributed by atoms with Gasteiger partial charge in [0, 0.05) is 25.3 Å². The van der Waals surface area contributed by atoms with Crippen LogP contribution in [-0.4, -0.2) is 57.7 Å². The molecule has 0 saturated carbocycles. The molecule has 2 aliphatic rings. The van der Waals surface area contributed by atoms with E-state index in [0.717, 1.165) is 31.6 Å². The summed E-state index contributed by atoms with van der Waals surface area (Å²) in [4.78, 5) is 17.5. The molecule has 3 heterocycles. The van der Waals surface area contributed by atoms with Gasteiger partial charge in [0.1, 0.15) is 0 Å². The van der Waals surface area contributed by atoms with Crippen molar-refractivity contribution < 1.29 is 4.79 Å². The lowest BCUT2D eigenvalue weighted by molar-refractivity contribution is 0.0751. The molecule has 1 aromatic heterocycles. The van der Waals surface area contributed by atoms with Crippen LogP contribution in [0.2, 0.25) is 0 Å². The van der Waals surface area contributed by atoms with Gasteiger partial charge in [0.15, 0.2) is 5.69 Å². The molecule has 4 rings (SSSR count). The first-order valence-corrected chi connectivity index (χ1v) is 9.46. The summed E-state index contributed by atoms with van der Waals surface area (Å²) < 4.78 is 1.78. The number of carbonyl (C=O) groups excluding carboxylic acids is 1. The molecule has 0 bridgehead atoms. The van der Waals surface area contributed by atoms with E-state index in [-0.39, 0.29) is 5.91 Å². The predicted molar refractivity (Wildman–Crippen MR) is 97.9 cm³/mol. The first-order chi connectivity index (χ1) is 12.3. The Morgan fingerprint density at radius 2 is 1.72 bits per heavy atom. The summed E-state index contributed by atoms with van der Waals surface area (Å²) in [5.74, 6) is 0.0664. The van der Waals surface area contributed by atoms with Crippen molar-refractivity contribution in [2.45, 2.75) is 38.1 Å². The van der Waals surface area contributed by atoms with E-state index in [1.54, 1.807) is 4.68 Å². The van der Waals surface area contributed by atoms with Crippen molar-refractivity contribution in [1.29, 1.82) is 0 Å². The van der Waals surface area contributed by atoms with Gasteiger partial charge in [-0.05, 0) is 63.4 Å². The van der Waals surface area contributed by atoms with Crippen molar-refractivity contribution in [3.8, 4) is 5.69 Å². The summed E-state index contributed by atoms with van der Waals surface area (Å²) in [7, 11) is 0. The molecule has 1 atom stereocenters. The van der Waals surface area contributed by atoms with E-state index in [2.05, 4.69) is 10.00 Å². The second kappa shape index (κ2) is 7.40. The van der Waals surface area contributed by atoms with Gasteiger partial charge in [0.2, 0.25) is 0 Å². The van der Waals surface area contributed by atoms with Crippen LogP contribution in [0.1, 0.15) is 42.6 Å². The number of carbonyl (C=O) groups is 1. The number of aromatic nitrogens is 2. The summed E-state index contributed by atoms with van der Waals surface area (Å²) in [6, 6.07) is 12.4. The molecule has 2 aliphatic heterocycles. The van der Waals surface area contributed by atoms with E-state index in [9.17, 15) is 4.79 Å². The summed E-state index contributed by atoms with van der Waals surface area (Å²) in [5, 5.41) is 4.50. The maximum absolute atomic E-state index is 12.9. The SMILES string of the molecule is O=C(c1ccn(-c2ccccc2)n1)N1CCC[C@H](N2CCCC2)CC1. The fraction of sp³-hybridized carbons (Fsp3) is 0.500. The van der Waals surface area contributed by atoms with Crippen molar-refractivity contribution in [1.82, 2.24) is 19.6 Å². The van der Waals surface area contributed by atoms with E-state index >= 15 is 0 Å². The molecule has 2 aromatic rings. The molecule has 2 fully saturated rings. The Hall–Kier alpha value is -2.14. The van der Waals surface area contributed by atoms with Gasteiger partial charge in [-0.15, -0.1) is 0 Å². The zero-order valence-electron chi connectivity index (χ0n) is 14.7. The molecular weight excluding hydrogens is 312 g/mol. The summed E-state index contributed by atoms with van der Waals surface area (Å²) in [5.41, 5.74) is 1.52. The molecule has 0 radical (unpaired) electrons. The number of nitrogens with zero attached hydrogens (tertiary/aromatic N) is 4. The Kier molecular flexibility index (Phi) is 4.83. The molecule has 1 aromatic carbocycles. The van der Waals surface area contributed by atoms with Crippen LogP contribution < -0.4 is 0 Å². The van der Waals surface area contributed by atoms with E-state index in [4.69, 9.17) is 0 Å². The lowest BCUT2D eigenvalue weighted by Gasteiger charge is -2.26. The molecule has 25 heavy (non-hydrogen) atoms. The van der Waals surface area contributed by atoms with E-state index in [0.29, 0.717) is 11.7 Å². The maximum Gasteiger partial charge on any atom is 0.274 e. The van der Waals surface area contributed by atoms with Crippen molar-refractivity contribution >= 4 is 5.91 Å². The Labute approximate surface area is 149 Å². The zero-order chi connectivity index (χ0) is 17.1. The van der Waals surface area contributed by atoms with E-state index < -0.39 is 0 Å². The number of likely N-dealkylation sites (tertiary alicyclic amines) is 2. The van der Waals surface area contributed by atoms with Crippen LogP contribution in [0.3, 0.4) is 0 Å². The van der Waals surface area contributed by atoms with Crippen LogP contribution in [0.4, 0.5) is 0 Å². The van der Waals surface area contributed by atoms with Crippen molar-refractivity contribution in [2.75, 3.05) is 26.2 Å². The maximum atomic E-state index is 12.9. The Balaban J connectivity index is 1.42. The van der Waals surface area contributed by atoms with Gasteiger partial charge in [-0.25, -0.2) is 4.68 Å². The summed E-state index contributed by atoms with van der Waals surface area (Å²) in [6.45, 7) is 4.17. The largest absolute Gasteiger partial charge is 0.337 e. The number of hydrogen-bond acceptors (Lipinski definition) is 3. The van der Waals surface area contributed by atoms with Gasteiger partial charge < -0.3 is 9.80 Å². The van der Waals surface area contributed by atoms with Gasteiger partial charge in [0.05, 0.1) is 5.69 Å². The Morgan fingerprint density at radius 1 is 0.920 bits per heavy atom. The number of rotatable bonds is 3. The van der Waals surface area contributed by atoms with Crippen LogP contribution in [0.5, 0.6) is 0 Å². The smallest absolute Gasteiger partial charge is 0.274 e. The molecule has 0 aliphatic carbocycles. The molecule has 5 nitrogen and oxygen atoms in total. The van der Waals surface area contributed by atoms with E-state index in [1.165, 1.54) is 32.4 Å². The van der Waals surface area contributed by atoms with Crippen LogP contribution >= 0.6 is 0 Å². The average molecular weight is 338 g/mol. The van der Waals surface area contributed by atoms with Crippen LogP contribution in [-0.2, 0) is 0 Å². The molecule has 2 saturated heterocycles. The fourth-order valence-electron chi connectivity index (χ4n) is 4.08. The third-order valence-corrected chi connectivity index (χ3v) is 5.47. The van der Waals surface area contributed by atoms with Crippen molar-refractivity contribution in [3.05, 3.63) is 48.3 Å². The fourth-order valence-corrected chi connectivity index (χ4v) is 4.08. The molecule has 5 heteroatoms. The minimum Gasteiger partial charge on any atom is -0.337 e. The molecule has 132 valence electrons. The molecule has 0 unspecified atom stereocenters. The molecule has 0 N–H and O–H groups in total. The summed E-state index contributed by atoms with van der Waals surface area (Å²) in [6.07, 6.45) is 7.92. The van der Waals surface area contributed by atoms with Gasteiger partial charge in [-0.3, -0.25) is 4.79 Å². The standard InChI is InChI=1S/C20H26N4O/c25-20(19-11-16-24(21-19)18-7-2-1-3-8-18)23-14-6-9-17(10-15-23)22-12-4-5-13-22/h1-3,7-8,11,16-17H,4-6,9-10,12-15H2/t17-/m0/s1. The van der Waals surface area contributed by atoms with Gasteiger partial charge in [-0.1, -0.05) is 18.2 Å². The van der Waals surface area contributed by atoms with Crippen molar-refractivity contribution in [2.24, 2.45) is 0 Å². The number of hydrogen-bond donors (Lipinski definition) is 0.